The maximum absolute atomic E-state index is 8.77. The molecule has 3 nitrogen and oxygen atoms in total. The molecule has 2 rings (SSSR count). The maximum Gasteiger partial charge on any atom is 0.181 e. The number of nitriles is 1. The lowest BCUT2D eigenvalue weighted by atomic mass is 10.1. The van der Waals surface area contributed by atoms with E-state index in [1.807, 2.05) is 36.4 Å². The summed E-state index contributed by atoms with van der Waals surface area (Å²) in [7, 11) is 0. The zero-order valence-electron chi connectivity index (χ0n) is 9.50. The fraction of sp³-hybridized carbons (Fsp3) is 0.143. The van der Waals surface area contributed by atoms with Crippen molar-refractivity contribution in [2.24, 2.45) is 0 Å². The van der Waals surface area contributed by atoms with Gasteiger partial charge in [-0.2, -0.15) is 5.26 Å². The van der Waals surface area contributed by atoms with Crippen molar-refractivity contribution in [1.29, 1.82) is 5.26 Å². The predicted molar refractivity (Wildman–Crippen MR) is 65.4 cm³/mol. The molecule has 1 heterocycles. The van der Waals surface area contributed by atoms with Crippen molar-refractivity contribution < 1.29 is 4.74 Å². The van der Waals surface area contributed by atoms with E-state index in [1.165, 1.54) is 0 Å². The highest BCUT2D eigenvalue weighted by Gasteiger charge is 2.08. The summed E-state index contributed by atoms with van der Waals surface area (Å²) in [6.45, 7) is 1.73. The van der Waals surface area contributed by atoms with Gasteiger partial charge in [-0.25, -0.2) is 0 Å². The van der Waals surface area contributed by atoms with Crippen LogP contribution >= 0.6 is 0 Å². The molecule has 0 aliphatic heterocycles. The monoisotopic (exact) mass is 224 g/mol. The molecule has 0 unspecified atom stereocenters. The highest BCUT2D eigenvalue weighted by molar-refractivity contribution is 5.69. The normalized spacial score (nSPS) is 11.5. The lowest BCUT2D eigenvalue weighted by Gasteiger charge is -2.12. The van der Waals surface area contributed by atoms with Gasteiger partial charge in [0.1, 0.15) is 11.8 Å². The predicted octanol–water partition coefficient (Wildman–Crippen LogP) is 3.04. The number of benzene rings is 1. The third-order valence-corrected chi connectivity index (χ3v) is 2.36. The van der Waals surface area contributed by atoms with Crippen LogP contribution in [0.4, 0.5) is 0 Å². The van der Waals surface area contributed by atoms with E-state index in [2.05, 4.69) is 11.1 Å². The van der Waals surface area contributed by atoms with E-state index < -0.39 is 6.10 Å². The van der Waals surface area contributed by atoms with Crippen molar-refractivity contribution in [3.63, 3.8) is 0 Å². The van der Waals surface area contributed by atoms with Crippen LogP contribution in [0, 0.1) is 11.3 Å². The molecule has 0 saturated heterocycles. The zero-order valence-corrected chi connectivity index (χ0v) is 9.50. The van der Waals surface area contributed by atoms with Gasteiger partial charge in [0, 0.05) is 18.0 Å². The first kappa shape index (κ1) is 11.2. The average molecular weight is 224 g/mol. The molecule has 2 aromatic rings. The first-order valence-electron chi connectivity index (χ1n) is 5.37. The Morgan fingerprint density at radius 2 is 1.88 bits per heavy atom. The number of aromatic nitrogens is 1. The van der Waals surface area contributed by atoms with Gasteiger partial charge in [-0.15, -0.1) is 0 Å². The molecule has 0 saturated carbocycles. The van der Waals surface area contributed by atoms with Gasteiger partial charge in [0.05, 0.1) is 0 Å². The fourth-order valence-electron chi connectivity index (χ4n) is 1.56. The Bertz CT molecular complexity index is 531. The molecule has 17 heavy (non-hydrogen) atoms. The zero-order chi connectivity index (χ0) is 12.1. The lowest BCUT2D eigenvalue weighted by Crippen LogP contribution is -2.08. The number of ether oxygens (including phenoxy) is 1. The smallest absolute Gasteiger partial charge is 0.181 e. The fourth-order valence-corrected chi connectivity index (χ4v) is 1.56. The quantitative estimate of drug-likeness (QED) is 0.805. The summed E-state index contributed by atoms with van der Waals surface area (Å²) in [6.07, 6.45) is 3.01. The molecule has 0 aliphatic carbocycles. The highest BCUT2D eigenvalue weighted by atomic mass is 16.5. The summed E-state index contributed by atoms with van der Waals surface area (Å²) in [5, 5.41) is 8.77. The SMILES string of the molecule is C[C@H](C#N)Oc1ccccc1-c1ccncc1. The van der Waals surface area contributed by atoms with E-state index in [0.29, 0.717) is 5.75 Å². The Kier molecular flexibility index (Phi) is 3.37. The first-order valence-corrected chi connectivity index (χ1v) is 5.37. The second-order valence-corrected chi connectivity index (χ2v) is 3.62. The molecule has 1 atom stereocenters. The van der Waals surface area contributed by atoms with E-state index in [9.17, 15) is 0 Å². The van der Waals surface area contributed by atoms with Crippen LogP contribution in [-0.4, -0.2) is 11.1 Å². The molecule has 3 heteroatoms. The number of pyridine rings is 1. The van der Waals surface area contributed by atoms with Gasteiger partial charge < -0.3 is 4.74 Å². The molecular weight excluding hydrogens is 212 g/mol. The molecule has 0 spiro atoms. The summed E-state index contributed by atoms with van der Waals surface area (Å²) in [5.41, 5.74) is 2.00. The summed E-state index contributed by atoms with van der Waals surface area (Å²) < 4.78 is 5.57. The molecular formula is C14H12N2O. The topological polar surface area (TPSA) is 45.9 Å². The molecule has 84 valence electrons. The van der Waals surface area contributed by atoms with Crippen LogP contribution in [0.2, 0.25) is 0 Å². The number of para-hydroxylation sites is 1. The Labute approximate surface area is 100 Å². The summed E-state index contributed by atoms with van der Waals surface area (Å²) in [6, 6.07) is 13.6. The summed E-state index contributed by atoms with van der Waals surface area (Å²) in [5.74, 6) is 0.716. The van der Waals surface area contributed by atoms with Gasteiger partial charge in [0.25, 0.3) is 0 Å². The number of hydrogen-bond acceptors (Lipinski definition) is 3. The minimum Gasteiger partial charge on any atom is -0.475 e. The standard InChI is InChI=1S/C14H12N2O/c1-11(10-15)17-14-5-3-2-4-13(14)12-6-8-16-9-7-12/h2-9,11H,1H3/t11-/m1/s1. The van der Waals surface area contributed by atoms with Crippen LogP contribution in [0.1, 0.15) is 6.92 Å². The lowest BCUT2D eigenvalue weighted by molar-refractivity contribution is 0.277. The van der Waals surface area contributed by atoms with Gasteiger partial charge in [-0.3, -0.25) is 4.98 Å². The minimum atomic E-state index is -0.460. The molecule has 0 bridgehead atoms. The van der Waals surface area contributed by atoms with Gasteiger partial charge >= 0.3 is 0 Å². The van der Waals surface area contributed by atoms with Crippen molar-refractivity contribution >= 4 is 0 Å². The number of nitrogens with zero attached hydrogens (tertiary/aromatic N) is 2. The van der Waals surface area contributed by atoms with Gasteiger partial charge in [-0.05, 0) is 30.7 Å². The number of rotatable bonds is 3. The van der Waals surface area contributed by atoms with E-state index >= 15 is 0 Å². The van der Waals surface area contributed by atoms with Gasteiger partial charge in [0.2, 0.25) is 0 Å². The Morgan fingerprint density at radius 1 is 1.18 bits per heavy atom. The van der Waals surface area contributed by atoms with Crippen LogP contribution in [0.5, 0.6) is 5.75 Å². The molecule has 0 aliphatic rings. The van der Waals surface area contributed by atoms with E-state index in [0.717, 1.165) is 11.1 Å². The summed E-state index contributed by atoms with van der Waals surface area (Å²) in [4.78, 5) is 3.98. The van der Waals surface area contributed by atoms with Crippen molar-refractivity contribution in [2.45, 2.75) is 13.0 Å². The summed E-state index contributed by atoms with van der Waals surface area (Å²) >= 11 is 0. The molecule has 0 fully saturated rings. The van der Waals surface area contributed by atoms with E-state index in [1.54, 1.807) is 19.3 Å². The number of hydrogen-bond donors (Lipinski definition) is 0. The molecule has 1 aromatic carbocycles. The average Bonchev–Trinajstić information content (AvgIpc) is 2.40. The van der Waals surface area contributed by atoms with Crippen LogP contribution in [-0.2, 0) is 0 Å². The second-order valence-electron chi connectivity index (χ2n) is 3.62. The van der Waals surface area contributed by atoms with E-state index in [-0.39, 0.29) is 0 Å². The Balaban J connectivity index is 2.38. The van der Waals surface area contributed by atoms with Gasteiger partial charge in [-0.1, -0.05) is 18.2 Å². The molecule has 0 amide bonds. The first-order chi connectivity index (χ1) is 8.31. The molecule has 0 N–H and O–H groups in total. The Morgan fingerprint density at radius 3 is 2.59 bits per heavy atom. The third kappa shape index (κ3) is 2.61. The highest BCUT2D eigenvalue weighted by Crippen LogP contribution is 2.29. The largest absolute Gasteiger partial charge is 0.475 e. The van der Waals surface area contributed by atoms with Crippen molar-refractivity contribution in [3.8, 4) is 22.9 Å². The molecule has 0 radical (unpaired) electrons. The van der Waals surface area contributed by atoms with Gasteiger partial charge in [0.15, 0.2) is 6.10 Å². The van der Waals surface area contributed by atoms with Crippen LogP contribution in [0.15, 0.2) is 48.8 Å². The van der Waals surface area contributed by atoms with Crippen molar-refractivity contribution in [2.75, 3.05) is 0 Å². The third-order valence-electron chi connectivity index (χ3n) is 2.36. The van der Waals surface area contributed by atoms with Crippen LogP contribution < -0.4 is 4.74 Å². The Hall–Kier alpha value is -2.34. The van der Waals surface area contributed by atoms with Crippen LogP contribution in [0.3, 0.4) is 0 Å². The maximum atomic E-state index is 8.77. The van der Waals surface area contributed by atoms with Crippen molar-refractivity contribution in [3.05, 3.63) is 48.8 Å². The minimum absolute atomic E-state index is 0.460. The van der Waals surface area contributed by atoms with Crippen molar-refractivity contribution in [1.82, 2.24) is 4.98 Å². The van der Waals surface area contributed by atoms with E-state index in [4.69, 9.17) is 10.00 Å². The van der Waals surface area contributed by atoms with Crippen LogP contribution in [0.25, 0.3) is 11.1 Å². The second kappa shape index (κ2) is 5.13. The molecule has 1 aromatic heterocycles.